The lowest BCUT2D eigenvalue weighted by Gasteiger charge is -2.20. The zero-order valence-electron chi connectivity index (χ0n) is 10.9. The number of benzene rings is 1. The van der Waals surface area contributed by atoms with Crippen LogP contribution in [-0.4, -0.2) is 19.0 Å². The summed E-state index contributed by atoms with van der Waals surface area (Å²) >= 11 is 5.71. The van der Waals surface area contributed by atoms with Gasteiger partial charge in [0.05, 0.1) is 5.92 Å². The highest BCUT2D eigenvalue weighted by Crippen LogP contribution is 2.26. The molecule has 2 N–H and O–H groups in total. The van der Waals surface area contributed by atoms with E-state index in [0.29, 0.717) is 17.1 Å². The molecule has 19 heavy (non-hydrogen) atoms. The summed E-state index contributed by atoms with van der Waals surface area (Å²) in [5.41, 5.74) is 0.576. The molecule has 0 aromatic heterocycles. The fraction of sp³-hybridized carbons (Fsp3) is 0.500. The second-order valence-electron chi connectivity index (χ2n) is 4.87. The van der Waals surface area contributed by atoms with Crippen LogP contribution in [0.1, 0.15) is 24.8 Å². The lowest BCUT2D eigenvalue weighted by atomic mass is 10.0. The van der Waals surface area contributed by atoms with Crippen molar-refractivity contribution in [2.24, 2.45) is 5.92 Å². The molecule has 1 fully saturated rings. The Kier molecular flexibility index (Phi) is 4.77. The van der Waals surface area contributed by atoms with E-state index in [4.69, 9.17) is 11.6 Å². The van der Waals surface area contributed by atoms with Gasteiger partial charge in [0.25, 0.3) is 0 Å². The highest BCUT2D eigenvalue weighted by molar-refractivity contribution is 6.30. The van der Waals surface area contributed by atoms with E-state index < -0.39 is 0 Å². The smallest absolute Gasteiger partial charge is 0.224 e. The summed E-state index contributed by atoms with van der Waals surface area (Å²) in [7, 11) is 1.65. The average molecular weight is 285 g/mol. The largest absolute Gasteiger partial charge is 0.359 e. The molecule has 1 aliphatic carbocycles. The van der Waals surface area contributed by atoms with E-state index in [1.807, 2.05) is 0 Å². The number of rotatable bonds is 4. The van der Waals surface area contributed by atoms with Crippen molar-refractivity contribution >= 4 is 17.5 Å². The molecular formula is C14H18ClFN2O. The fourth-order valence-electron chi connectivity index (χ4n) is 2.61. The van der Waals surface area contributed by atoms with Crippen molar-refractivity contribution in [3.05, 3.63) is 34.6 Å². The molecule has 104 valence electrons. The molecule has 0 saturated heterocycles. The van der Waals surface area contributed by atoms with Gasteiger partial charge in [0.2, 0.25) is 5.91 Å². The van der Waals surface area contributed by atoms with Crippen LogP contribution < -0.4 is 10.6 Å². The number of amides is 1. The molecule has 0 bridgehead atoms. The van der Waals surface area contributed by atoms with Crippen LogP contribution >= 0.6 is 11.6 Å². The predicted octanol–water partition coefficient (Wildman–Crippen LogP) is 2.48. The summed E-state index contributed by atoms with van der Waals surface area (Å²) in [4.78, 5) is 11.7. The highest BCUT2D eigenvalue weighted by atomic mass is 35.5. The van der Waals surface area contributed by atoms with E-state index in [2.05, 4.69) is 10.6 Å². The third-order valence-corrected chi connectivity index (χ3v) is 3.90. The molecule has 1 aromatic rings. The zero-order chi connectivity index (χ0) is 13.8. The maximum absolute atomic E-state index is 13.6. The topological polar surface area (TPSA) is 41.1 Å². The van der Waals surface area contributed by atoms with Gasteiger partial charge in [-0.05, 0) is 25.0 Å². The molecule has 3 nitrogen and oxygen atoms in total. The van der Waals surface area contributed by atoms with Gasteiger partial charge in [-0.15, -0.1) is 0 Å². The van der Waals surface area contributed by atoms with E-state index in [1.54, 1.807) is 19.2 Å². The number of halogens is 2. The Bertz CT molecular complexity index is 467. The summed E-state index contributed by atoms with van der Waals surface area (Å²) in [5.74, 6) is -0.263. The van der Waals surface area contributed by atoms with Gasteiger partial charge in [0.15, 0.2) is 0 Å². The SMILES string of the molecule is CNC(=O)C1CCCC1NCc1ccc(Cl)cc1F. The summed E-state index contributed by atoms with van der Waals surface area (Å²) in [6, 6.07) is 4.78. The van der Waals surface area contributed by atoms with Gasteiger partial charge in [-0.1, -0.05) is 24.1 Å². The Morgan fingerprint density at radius 1 is 1.47 bits per heavy atom. The molecule has 0 heterocycles. The molecule has 1 saturated carbocycles. The van der Waals surface area contributed by atoms with Crippen LogP contribution in [0, 0.1) is 11.7 Å². The lowest BCUT2D eigenvalue weighted by molar-refractivity contribution is -0.124. The van der Waals surface area contributed by atoms with Crippen molar-refractivity contribution in [2.75, 3.05) is 7.05 Å². The summed E-state index contributed by atoms with van der Waals surface area (Å²) in [6.45, 7) is 0.418. The Balaban J connectivity index is 1.96. The zero-order valence-corrected chi connectivity index (χ0v) is 11.6. The number of nitrogens with one attached hydrogen (secondary N) is 2. The molecule has 5 heteroatoms. The van der Waals surface area contributed by atoms with Crippen LogP contribution in [-0.2, 0) is 11.3 Å². The van der Waals surface area contributed by atoms with E-state index in [0.717, 1.165) is 19.3 Å². The summed E-state index contributed by atoms with van der Waals surface area (Å²) in [6.07, 6.45) is 2.87. The van der Waals surface area contributed by atoms with Crippen molar-refractivity contribution in [2.45, 2.75) is 31.8 Å². The highest BCUT2D eigenvalue weighted by Gasteiger charge is 2.31. The molecule has 2 unspecified atom stereocenters. The van der Waals surface area contributed by atoms with E-state index in [9.17, 15) is 9.18 Å². The standard InChI is InChI=1S/C14H18ClFN2O/c1-17-14(19)11-3-2-4-13(11)18-8-9-5-6-10(15)7-12(9)16/h5-7,11,13,18H,2-4,8H2,1H3,(H,17,19). The number of hydrogen-bond acceptors (Lipinski definition) is 2. The fourth-order valence-corrected chi connectivity index (χ4v) is 2.77. The van der Waals surface area contributed by atoms with Crippen molar-refractivity contribution < 1.29 is 9.18 Å². The van der Waals surface area contributed by atoms with Crippen LogP contribution in [0.5, 0.6) is 0 Å². The molecule has 2 rings (SSSR count). The molecule has 1 amide bonds. The Morgan fingerprint density at radius 3 is 2.95 bits per heavy atom. The van der Waals surface area contributed by atoms with Crippen LogP contribution in [0.25, 0.3) is 0 Å². The first-order valence-electron chi connectivity index (χ1n) is 6.50. The van der Waals surface area contributed by atoms with Gasteiger partial charge >= 0.3 is 0 Å². The number of hydrogen-bond donors (Lipinski definition) is 2. The molecule has 1 aliphatic rings. The lowest BCUT2D eigenvalue weighted by Crippen LogP contribution is -2.40. The van der Waals surface area contributed by atoms with Crippen LogP contribution in [0.2, 0.25) is 5.02 Å². The van der Waals surface area contributed by atoms with Gasteiger partial charge in [-0.25, -0.2) is 4.39 Å². The maximum atomic E-state index is 13.6. The third kappa shape index (κ3) is 3.45. The molecule has 0 aliphatic heterocycles. The van der Waals surface area contributed by atoms with Crippen LogP contribution in [0.4, 0.5) is 4.39 Å². The van der Waals surface area contributed by atoms with Crippen LogP contribution in [0.15, 0.2) is 18.2 Å². The van der Waals surface area contributed by atoms with Gasteiger partial charge in [0, 0.05) is 30.2 Å². The van der Waals surface area contributed by atoms with Crippen molar-refractivity contribution in [3.63, 3.8) is 0 Å². The van der Waals surface area contributed by atoms with Gasteiger partial charge in [-0.3, -0.25) is 4.79 Å². The van der Waals surface area contributed by atoms with E-state index >= 15 is 0 Å². The third-order valence-electron chi connectivity index (χ3n) is 3.67. The first kappa shape index (κ1) is 14.3. The quantitative estimate of drug-likeness (QED) is 0.892. The van der Waals surface area contributed by atoms with Crippen molar-refractivity contribution in [1.82, 2.24) is 10.6 Å². The Hall–Kier alpha value is -1.13. The Morgan fingerprint density at radius 2 is 2.26 bits per heavy atom. The molecular weight excluding hydrogens is 267 g/mol. The van der Waals surface area contributed by atoms with Gasteiger partial charge in [0.1, 0.15) is 5.82 Å². The summed E-state index contributed by atoms with van der Waals surface area (Å²) in [5, 5.41) is 6.36. The van der Waals surface area contributed by atoms with E-state index in [-0.39, 0.29) is 23.7 Å². The molecule has 2 atom stereocenters. The summed E-state index contributed by atoms with van der Waals surface area (Å²) < 4.78 is 13.6. The minimum Gasteiger partial charge on any atom is -0.359 e. The second-order valence-corrected chi connectivity index (χ2v) is 5.31. The van der Waals surface area contributed by atoms with Crippen molar-refractivity contribution in [1.29, 1.82) is 0 Å². The van der Waals surface area contributed by atoms with Crippen molar-refractivity contribution in [3.8, 4) is 0 Å². The first-order valence-corrected chi connectivity index (χ1v) is 6.88. The molecule has 1 aromatic carbocycles. The van der Waals surface area contributed by atoms with E-state index in [1.165, 1.54) is 6.07 Å². The minimum absolute atomic E-state index is 0.0136. The average Bonchev–Trinajstić information content (AvgIpc) is 2.85. The van der Waals surface area contributed by atoms with Gasteiger partial charge < -0.3 is 10.6 Å². The Labute approximate surface area is 117 Å². The molecule has 0 spiro atoms. The monoisotopic (exact) mass is 284 g/mol. The number of carbonyl (C=O) groups is 1. The minimum atomic E-state index is -0.311. The molecule has 0 radical (unpaired) electrons. The van der Waals surface area contributed by atoms with Crippen LogP contribution in [0.3, 0.4) is 0 Å². The normalized spacial score (nSPS) is 22.5. The van der Waals surface area contributed by atoms with Gasteiger partial charge in [-0.2, -0.15) is 0 Å². The maximum Gasteiger partial charge on any atom is 0.224 e. The second kappa shape index (κ2) is 6.35. The first-order chi connectivity index (χ1) is 9.11. The number of carbonyl (C=O) groups excluding carboxylic acids is 1. The predicted molar refractivity (Wildman–Crippen MR) is 73.4 cm³/mol.